The highest BCUT2D eigenvalue weighted by atomic mass is 16.1. The van der Waals surface area contributed by atoms with E-state index in [1.807, 2.05) is 24.3 Å². The fourth-order valence-electron chi connectivity index (χ4n) is 4.14. The van der Waals surface area contributed by atoms with E-state index in [9.17, 15) is 10.1 Å². The predicted octanol–water partition coefficient (Wildman–Crippen LogP) is 2.35. The van der Waals surface area contributed by atoms with Crippen molar-refractivity contribution in [2.24, 2.45) is 0 Å². The number of hydrogen-bond acceptors (Lipinski definition) is 5. The Morgan fingerprint density at radius 3 is 3.00 bits per heavy atom. The molecule has 5 heteroatoms. The van der Waals surface area contributed by atoms with E-state index in [0.717, 1.165) is 36.2 Å². The van der Waals surface area contributed by atoms with Crippen LogP contribution in [0.3, 0.4) is 0 Å². The summed E-state index contributed by atoms with van der Waals surface area (Å²) in [6.45, 7) is 4.90. The second-order valence-electron chi connectivity index (χ2n) is 6.78. The summed E-state index contributed by atoms with van der Waals surface area (Å²) in [5, 5.41) is 10.3. The molecule has 2 saturated heterocycles. The van der Waals surface area contributed by atoms with Gasteiger partial charge < -0.3 is 4.90 Å². The predicted molar refractivity (Wildman–Crippen MR) is 92.9 cm³/mol. The molecule has 2 aliphatic heterocycles. The zero-order chi connectivity index (χ0) is 16.7. The molecule has 24 heavy (non-hydrogen) atoms. The minimum absolute atomic E-state index is 0.289. The van der Waals surface area contributed by atoms with E-state index in [0.29, 0.717) is 30.2 Å². The van der Waals surface area contributed by atoms with Crippen LogP contribution >= 0.6 is 0 Å². The van der Waals surface area contributed by atoms with Crippen molar-refractivity contribution in [3.63, 3.8) is 0 Å². The van der Waals surface area contributed by atoms with Crippen molar-refractivity contribution in [1.82, 2.24) is 9.88 Å². The lowest BCUT2D eigenvalue weighted by molar-refractivity contribution is -0.124. The summed E-state index contributed by atoms with van der Waals surface area (Å²) in [4.78, 5) is 21.1. The van der Waals surface area contributed by atoms with E-state index in [4.69, 9.17) is 0 Å². The van der Waals surface area contributed by atoms with E-state index in [1.54, 1.807) is 6.20 Å². The zero-order valence-corrected chi connectivity index (χ0v) is 13.8. The van der Waals surface area contributed by atoms with Gasteiger partial charge in [-0.3, -0.25) is 14.7 Å². The summed E-state index contributed by atoms with van der Waals surface area (Å²) >= 11 is 0. The molecule has 0 saturated carbocycles. The third-order valence-electron chi connectivity index (χ3n) is 5.27. The molecule has 2 atom stereocenters. The molecule has 122 valence electrons. The molecule has 0 radical (unpaired) electrons. The fourth-order valence-corrected chi connectivity index (χ4v) is 4.14. The first-order valence-corrected chi connectivity index (χ1v) is 8.47. The number of pyridine rings is 1. The van der Waals surface area contributed by atoms with Gasteiger partial charge in [0.15, 0.2) is 0 Å². The van der Waals surface area contributed by atoms with Crippen molar-refractivity contribution in [3.8, 4) is 6.07 Å². The third-order valence-corrected chi connectivity index (χ3v) is 5.27. The molecule has 2 fully saturated rings. The van der Waals surface area contributed by atoms with E-state index in [2.05, 4.69) is 27.8 Å². The fraction of sp³-hybridized carbons (Fsp3) is 0.421. The van der Waals surface area contributed by atoms with Gasteiger partial charge in [0.2, 0.25) is 0 Å². The molecule has 0 amide bonds. The Hall–Kier alpha value is -2.45. The van der Waals surface area contributed by atoms with Gasteiger partial charge in [-0.25, -0.2) is 0 Å². The third kappa shape index (κ3) is 2.44. The molecular weight excluding hydrogens is 300 g/mol. The van der Waals surface area contributed by atoms with Gasteiger partial charge in [0.25, 0.3) is 0 Å². The summed E-state index contributed by atoms with van der Waals surface area (Å²) in [6.07, 6.45) is 3.06. The van der Waals surface area contributed by atoms with Crippen LogP contribution in [0.5, 0.6) is 0 Å². The number of benzene rings is 1. The minimum atomic E-state index is 0.289. The van der Waals surface area contributed by atoms with E-state index in [-0.39, 0.29) is 6.04 Å². The number of nitrogens with zero attached hydrogens (tertiary/aromatic N) is 4. The lowest BCUT2D eigenvalue weighted by atomic mass is 9.94. The molecule has 2 aromatic rings. The zero-order valence-electron chi connectivity index (χ0n) is 13.8. The van der Waals surface area contributed by atoms with Crippen molar-refractivity contribution in [2.75, 3.05) is 24.5 Å². The highest BCUT2D eigenvalue weighted by Gasteiger charge is 2.36. The van der Waals surface area contributed by atoms with E-state index >= 15 is 0 Å². The number of aromatic nitrogens is 1. The van der Waals surface area contributed by atoms with Crippen LogP contribution in [-0.2, 0) is 4.79 Å². The van der Waals surface area contributed by atoms with E-state index < -0.39 is 0 Å². The first kappa shape index (κ1) is 15.1. The Labute approximate surface area is 141 Å². The maximum absolute atomic E-state index is 11.9. The van der Waals surface area contributed by atoms with Crippen molar-refractivity contribution in [3.05, 3.63) is 36.0 Å². The Kier molecular flexibility index (Phi) is 3.70. The molecule has 0 N–H and O–H groups in total. The van der Waals surface area contributed by atoms with Crippen molar-refractivity contribution in [2.45, 2.75) is 31.8 Å². The highest BCUT2D eigenvalue weighted by molar-refractivity contribution is 5.95. The average Bonchev–Trinajstić information content (AvgIpc) is 2.60. The number of fused-ring (bicyclic) bond motifs is 2. The number of ketones is 1. The topological polar surface area (TPSA) is 60.2 Å². The molecular formula is C19H20N4O. The standard InChI is InChI=1S/C19H20N4O/c1-13-11-22(12-15-9-16(24)6-8-23(13)15)18-5-4-14(10-20)19-17(18)3-2-7-21-19/h2-5,7,13,15H,6,8-9,11-12H2,1H3/t13-,15-/m1/s1. The number of nitriles is 1. The molecule has 1 aromatic carbocycles. The van der Waals surface area contributed by atoms with Crippen LogP contribution in [0.15, 0.2) is 30.5 Å². The highest BCUT2D eigenvalue weighted by Crippen LogP contribution is 2.32. The van der Waals surface area contributed by atoms with Crippen LogP contribution in [0, 0.1) is 11.3 Å². The Morgan fingerprint density at radius 2 is 2.17 bits per heavy atom. The maximum atomic E-state index is 11.9. The van der Waals surface area contributed by atoms with Crippen LogP contribution in [0.1, 0.15) is 25.3 Å². The Morgan fingerprint density at radius 1 is 1.29 bits per heavy atom. The first-order chi connectivity index (χ1) is 11.7. The van der Waals surface area contributed by atoms with Crippen LogP contribution in [0.25, 0.3) is 10.9 Å². The number of rotatable bonds is 1. The second-order valence-corrected chi connectivity index (χ2v) is 6.78. The number of carbonyl (C=O) groups excluding carboxylic acids is 1. The molecule has 3 heterocycles. The summed E-state index contributed by atoms with van der Waals surface area (Å²) in [5.41, 5.74) is 2.47. The molecule has 1 aromatic heterocycles. The smallest absolute Gasteiger partial charge is 0.135 e. The molecule has 0 bridgehead atoms. The lowest BCUT2D eigenvalue weighted by Crippen LogP contribution is -2.60. The molecule has 0 spiro atoms. The number of piperazine rings is 1. The number of hydrogen-bond donors (Lipinski definition) is 0. The van der Waals surface area contributed by atoms with Crippen molar-refractivity contribution < 1.29 is 4.79 Å². The van der Waals surface area contributed by atoms with Gasteiger partial charge in [0.1, 0.15) is 11.9 Å². The first-order valence-electron chi connectivity index (χ1n) is 8.47. The number of carbonyl (C=O) groups is 1. The van der Waals surface area contributed by atoms with Crippen LogP contribution < -0.4 is 4.90 Å². The van der Waals surface area contributed by atoms with Gasteiger partial charge in [-0.2, -0.15) is 5.26 Å². The summed E-state index contributed by atoms with van der Waals surface area (Å²) in [6, 6.07) is 10.8. The molecule has 5 nitrogen and oxygen atoms in total. The van der Waals surface area contributed by atoms with Crippen molar-refractivity contribution >= 4 is 22.4 Å². The average molecular weight is 320 g/mol. The van der Waals surface area contributed by atoms with Gasteiger partial charge >= 0.3 is 0 Å². The van der Waals surface area contributed by atoms with Gasteiger partial charge in [0, 0.05) is 61.8 Å². The van der Waals surface area contributed by atoms with E-state index in [1.165, 1.54) is 0 Å². The summed E-state index contributed by atoms with van der Waals surface area (Å²) < 4.78 is 0. The summed E-state index contributed by atoms with van der Waals surface area (Å²) in [7, 11) is 0. The lowest BCUT2D eigenvalue weighted by Gasteiger charge is -2.48. The van der Waals surface area contributed by atoms with Crippen molar-refractivity contribution in [1.29, 1.82) is 5.26 Å². The number of Topliss-reactive ketones (excluding diaryl/α,β-unsaturated/α-hetero) is 1. The number of piperidine rings is 1. The minimum Gasteiger partial charge on any atom is -0.368 e. The van der Waals surface area contributed by atoms with Crippen LogP contribution in [0.2, 0.25) is 0 Å². The second kappa shape index (κ2) is 5.88. The normalized spacial score (nSPS) is 24.7. The number of anilines is 1. The Bertz CT molecular complexity index is 841. The van der Waals surface area contributed by atoms with Gasteiger partial charge in [-0.05, 0) is 31.2 Å². The van der Waals surface area contributed by atoms with Crippen LogP contribution in [-0.4, -0.2) is 47.4 Å². The molecule has 2 aliphatic rings. The van der Waals surface area contributed by atoms with Gasteiger partial charge in [-0.1, -0.05) is 0 Å². The maximum Gasteiger partial charge on any atom is 0.135 e. The quantitative estimate of drug-likeness (QED) is 0.807. The van der Waals surface area contributed by atoms with Gasteiger partial charge in [-0.15, -0.1) is 0 Å². The Balaban J connectivity index is 1.73. The SMILES string of the molecule is C[C@@H]1CN(c2ccc(C#N)c3ncccc23)C[C@H]2CC(=O)CCN21. The van der Waals surface area contributed by atoms with Crippen LogP contribution in [0.4, 0.5) is 5.69 Å². The summed E-state index contributed by atoms with van der Waals surface area (Å²) in [5.74, 6) is 0.372. The molecule has 4 rings (SSSR count). The van der Waals surface area contributed by atoms with Gasteiger partial charge in [0.05, 0.1) is 11.1 Å². The molecule has 0 aliphatic carbocycles. The largest absolute Gasteiger partial charge is 0.368 e. The molecule has 0 unspecified atom stereocenters. The monoisotopic (exact) mass is 320 g/mol.